The van der Waals surface area contributed by atoms with Crippen LogP contribution in [0, 0.1) is 5.82 Å². The fourth-order valence-corrected chi connectivity index (χ4v) is 5.35. The Labute approximate surface area is 182 Å². The molecule has 0 bridgehead atoms. The van der Waals surface area contributed by atoms with Gasteiger partial charge in [0.15, 0.2) is 5.58 Å². The Balaban J connectivity index is 1.49. The van der Waals surface area contributed by atoms with E-state index in [9.17, 15) is 22.4 Å². The van der Waals surface area contributed by atoms with Gasteiger partial charge in [0.05, 0.1) is 15.4 Å². The fourth-order valence-electron chi connectivity index (χ4n) is 3.66. The number of oxazole rings is 1. The van der Waals surface area contributed by atoms with E-state index in [0.29, 0.717) is 11.1 Å². The molecule has 0 aliphatic carbocycles. The highest BCUT2D eigenvalue weighted by Gasteiger charge is 2.33. The van der Waals surface area contributed by atoms with Crippen LogP contribution in [0.25, 0.3) is 11.1 Å². The SMILES string of the molecule is C[C@H](C(=O)N1CCN(S(=O)(=O)c2ccc(F)c(Cl)c2)CC1)n1c(=O)oc2ccccc21. The lowest BCUT2D eigenvalue weighted by Crippen LogP contribution is -2.52. The molecule has 1 amide bonds. The monoisotopic (exact) mass is 467 g/mol. The maximum absolute atomic E-state index is 13.4. The number of rotatable bonds is 4. The first kappa shape index (κ1) is 21.5. The second-order valence-corrected chi connectivity index (χ2v) is 9.53. The Morgan fingerprint density at radius 3 is 2.48 bits per heavy atom. The van der Waals surface area contributed by atoms with Crippen molar-refractivity contribution in [2.45, 2.75) is 17.9 Å². The van der Waals surface area contributed by atoms with Crippen LogP contribution in [0.2, 0.25) is 5.02 Å². The van der Waals surface area contributed by atoms with Crippen LogP contribution in [0.15, 0.2) is 56.6 Å². The summed E-state index contributed by atoms with van der Waals surface area (Å²) < 4.78 is 46.7. The lowest BCUT2D eigenvalue weighted by molar-refractivity contribution is -0.135. The van der Waals surface area contributed by atoms with E-state index in [-0.39, 0.29) is 42.0 Å². The number of carbonyl (C=O) groups is 1. The molecule has 1 fully saturated rings. The number of benzene rings is 2. The van der Waals surface area contributed by atoms with Crippen LogP contribution in [0.4, 0.5) is 4.39 Å². The summed E-state index contributed by atoms with van der Waals surface area (Å²) >= 11 is 5.72. The highest BCUT2D eigenvalue weighted by molar-refractivity contribution is 7.89. The normalized spacial score (nSPS) is 16.5. The number of fused-ring (bicyclic) bond motifs is 1. The average Bonchev–Trinajstić information content (AvgIpc) is 3.10. The molecule has 8 nitrogen and oxygen atoms in total. The van der Waals surface area contributed by atoms with Crippen LogP contribution in [-0.2, 0) is 14.8 Å². The van der Waals surface area contributed by atoms with E-state index >= 15 is 0 Å². The Kier molecular flexibility index (Phi) is 5.63. The molecule has 1 aliphatic rings. The van der Waals surface area contributed by atoms with Crippen LogP contribution in [0.3, 0.4) is 0 Å². The van der Waals surface area contributed by atoms with Gasteiger partial charge in [0.2, 0.25) is 15.9 Å². The summed E-state index contributed by atoms with van der Waals surface area (Å²) in [5.74, 6) is -1.64. The molecule has 164 valence electrons. The zero-order valence-corrected chi connectivity index (χ0v) is 18.1. The molecule has 1 aliphatic heterocycles. The first-order valence-corrected chi connectivity index (χ1v) is 11.4. The maximum atomic E-state index is 13.4. The number of halogens is 2. The highest BCUT2D eigenvalue weighted by atomic mass is 35.5. The first-order chi connectivity index (χ1) is 14.7. The molecular weight excluding hydrogens is 449 g/mol. The number of hydrogen-bond acceptors (Lipinski definition) is 5. The molecule has 31 heavy (non-hydrogen) atoms. The van der Waals surface area contributed by atoms with E-state index in [1.54, 1.807) is 31.2 Å². The van der Waals surface area contributed by atoms with Gasteiger partial charge < -0.3 is 9.32 Å². The van der Waals surface area contributed by atoms with Crippen molar-refractivity contribution in [2.24, 2.45) is 0 Å². The largest absolute Gasteiger partial charge is 0.420 e. The summed E-state index contributed by atoms with van der Waals surface area (Å²) in [6.07, 6.45) is 0. The molecule has 1 aromatic heterocycles. The van der Waals surface area contributed by atoms with Crippen LogP contribution in [-0.4, -0.2) is 54.3 Å². The topological polar surface area (TPSA) is 92.8 Å². The Hall–Kier alpha value is -2.69. The molecule has 4 rings (SSSR count). The van der Waals surface area contributed by atoms with Crippen molar-refractivity contribution in [2.75, 3.05) is 26.2 Å². The van der Waals surface area contributed by atoms with Gasteiger partial charge in [0.1, 0.15) is 11.9 Å². The molecule has 2 heterocycles. The van der Waals surface area contributed by atoms with Gasteiger partial charge in [0.25, 0.3) is 0 Å². The summed E-state index contributed by atoms with van der Waals surface area (Å²) in [6.45, 7) is 2.05. The minimum absolute atomic E-state index is 0.0663. The number of hydrogen-bond donors (Lipinski definition) is 0. The maximum Gasteiger partial charge on any atom is 0.420 e. The van der Waals surface area contributed by atoms with Gasteiger partial charge in [0, 0.05) is 26.2 Å². The molecular formula is C20H19ClFN3O5S. The standard InChI is InChI=1S/C20H19ClFN3O5S/c1-13(25-17-4-2-3-5-18(17)30-20(25)27)19(26)23-8-10-24(11-9-23)31(28,29)14-6-7-16(22)15(21)12-14/h2-7,12-13H,8-11H2,1H3/t13-/m1/s1. The highest BCUT2D eigenvalue weighted by Crippen LogP contribution is 2.24. The van der Waals surface area contributed by atoms with Crippen molar-refractivity contribution in [1.82, 2.24) is 13.8 Å². The van der Waals surface area contributed by atoms with Gasteiger partial charge in [-0.15, -0.1) is 0 Å². The van der Waals surface area contributed by atoms with Crippen molar-refractivity contribution >= 4 is 38.6 Å². The van der Waals surface area contributed by atoms with Crippen LogP contribution >= 0.6 is 11.6 Å². The lowest BCUT2D eigenvalue weighted by atomic mass is 10.2. The third-order valence-corrected chi connectivity index (χ3v) is 7.53. The second kappa shape index (κ2) is 8.10. The lowest BCUT2D eigenvalue weighted by Gasteiger charge is -2.35. The van der Waals surface area contributed by atoms with Crippen molar-refractivity contribution in [1.29, 1.82) is 0 Å². The van der Waals surface area contributed by atoms with E-state index in [0.717, 1.165) is 18.2 Å². The Bertz CT molecular complexity index is 1310. The summed E-state index contributed by atoms with van der Waals surface area (Å²) in [6, 6.07) is 9.25. The second-order valence-electron chi connectivity index (χ2n) is 7.19. The van der Waals surface area contributed by atoms with E-state index in [2.05, 4.69) is 0 Å². The van der Waals surface area contributed by atoms with Gasteiger partial charge in [-0.25, -0.2) is 17.6 Å². The van der Waals surface area contributed by atoms with Crippen molar-refractivity contribution < 1.29 is 22.0 Å². The molecule has 1 atom stereocenters. The Morgan fingerprint density at radius 1 is 1.13 bits per heavy atom. The number of carbonyl (C=O) groups excluding carboxylic acids is 1. The van der Waals surface area contributed by atoms with Crippen molar-refractivity contribution in [3.05, 3.63) is 63.9 Å². The number of aromatic nitrogens is 1. The third-order valence-electron chi connectivity index (χ3n) is 5.34. The van der Waals surface area contributed by atoms with Gasteiger partial charge in [-0.1, -0.05) is 23.7 Å². The molecule has 0 N–H and O–H groups in total. The van der Waals surface area contributed by atoms with Crippen molar-refractivity contribution in [3.8, 4) is 0 Å². The summed E-state index contributed by atoms with van der Waals surface area (Å²) in [5, 5.41) is -0.276. The molecule has 0 radical (unpaired) electrons. The zero-order chi connectivity index (χ0) is 22.3. The van der Waals surface area contributed by atoms with Gasteiger partial charge in [-0.3, -0.25) is 9.36 Å². The minimum Gasteiger partial charge on any atom is -0.408 e. The zero-order valence-electron chi connectivity index (χ0n) is 16.5. The molecule has 3 aromatic rings. The number of para-hydroxylation sites is 2. The number of nitrogens with zero attached hydrogens (tertiary/aromatic N) is 3. The minimum atomic E-state index is -3.88. The molecule has 1 saturated heterocycles. The predicted molar refractivity (Wildman–Crippen MR) is 112 cm³/mol. The summed E-state index contributed by atoms with van der Waals surface area (Å²) in [4.78, 5) is 26.7. The first-order valence-electron chi connectivity index (χ1n) is 9.54. The summed E-state index contributed by atoms with van der Waals surface area (Å²) in [5.41, 5.74) is 0.906. The quantitative estimate of drug-likeness (QED) is 0.587. The van der Waals surface area contributed by atoms with Crippen LogP contribution in [0.1, 0.15) is 13.0 Å². The Morgan fingerprint density at radius 2 is 1.81 bits per heavy atom. The average molecular weight is 468 g/mol. The van der Waals surface area contributed by atoms with E-state index in [1.165, 1.54) is 13.8 Å². The van der Waals surface area contributed by atoms with E-state index in [1.807, 2.05) is 0 Å². The van der Waals surface area contributed by atoms with Gasteiger partial charge >= 0.3 is 5.76 Å². The third kappa shape index (κ3) is 3.86. The predicted octanol–water partition coefficient (Wildman–Crippen LogP) is 2.48. The number of sulfonamides is 1. The van der Waals surface area contributed by atoms with Crippen LogP contribution < -0.4 is 5.76 Å². The van der Waals surface area contributed by atoms with Gasteiger partial charge in [-0.05, 0) is 37.3 Å². The fraction of sp³-hybridized carbons (Fsp3) is 0.300. The summed E-state index contributed by atoms with van der Waals surface area (Å²) in [7, 11) is -3.88. The van der Waals surface area contributed by atoms with Gasteiger partial charge in [-0.2, -0.15) is 4.31 Å². The number of amides is 1. The molecule has 0 unspecified atom stereocenters. The number of piperazine rings is 1. The molecule has 0 saturated carbocycles. The van der Waals surface area contributed by atoms with Crippen molar-refractivity contribution in [3.63, 3.8) is 0 Å². The molecule has 0 spiro atoms. The van der Waals surface area contributed by atoms with Crippen LogP contribution in [0.5, 0.6) is 0 Å². The molecule has 11 heteroatoms. The molecule has 2 aromatic carbocycles. The smallest absolute Gasteiger partial charge is 0.408 e. The van der Waals surface area contributed by atoms with E-state index < -0.39 is 27.6 Å². The van der Waals surface area contributed by atoms with E-state index in [4.69, 9.17) is 16.0 Å².